The Morgan fingerprint density at radius 2 is 1.63 bits per heavy atom. The molecule has 1 atom stereocenters. The lowest BCUT2D eigenvalue weighted by atomic mass is 9.94. The van der Waals surface area contributed by atoms with E-state index in [1.807, 2.05) is 43.3 Å². The second kappa shape index (κ2) is 9.79. The van der Waals surface area contributed by atoms with Gasteiger partial charge in [-0.3, -0.25) is 14.5 Å². The van der Waals surface area contributed by atoms with Gasteiger partial charge in [0, 0.05) is 48.4 Å². The van der Waals surface area contributed by atoms with Crippen molar-refractivity contribution in [2.45, 2.75) is 6.04 Å². The zero-order chi connectivity index (χ0) is 27.1. The Labute approximate surface area is 224 Å². The van der Waals surface area contributed by atoms with Crippen molar-refractivity contribution in [2.75, 3.05) is 38.1 Å². The lowest BCUT2D eigenvalue weighted by Crippen LogP contribution is -2.31. The van der Waals surface area contributed by atoms with E-state index in [0.29, 0.717) is 38.7 Å². The predicted octanol–water partition coefficient (Wildman–Crippen LogP) is 5.95. The summed E-state index contributed by atoms with van der Waals surface area (Å²) in [5.41, 5.74) is 2.31. The molecule has 0 radical (unpaired) electrons. The summed E-state index contributed by atoms with van der Waals surface area (Å²) in [6.45, 7) is 0. The number of carbonyl (C=O) groups is 2. The van der Waals surface area contributed by atoms with Crippen molar-refractivity contribution in [1.29, 1.82) is 0 Å². The van der Waals surface area contributed by atoms with E-state index in [4.69, 9.17) is 25.5 Å². The van der Waals surface area contributed by atoms with Gasteiger partial charge in [0.15, 0.2) is 11.5 Å². The number of carbonyl (C=O) groups excluding carboxylic acids is 2. The van der Waals surface area contributed by atoms with Gasteiger partial charge in [-0.05, 0) is 42.0 Å². The normalized spacial score (nSPS) is 15.3. The summed E-state index contributed by atoms with van der Waals surface area (Å²) in [7, 11) is 6.83. The first-order valence-corrected chi connectivity index (χ1v) is 12.1. The van der Waals surface area contributed by atoms with E-state index in [-0.39, 0.29) is 11.3 Å². The highest BCUT2D eigenvalue weighted by Crippen LogP contribution is 2.44. The third kappa shape index (κ3) is 4.33. The first kappa shape index (κ1) is 25.2. The van der Waals surface area contributed by atoms with Crippen molar-refractivity contribution in [3.8, 4) is 11.5 Å². The largest absolute Gasteiger partial charge is 0.503 e. The smallest absolute Gasteiger partial charge is 0.294 e. The van der Waals surface area contributed by atoms with E-state index in [9.17, 15) is 14.7 Å². The van der Waals surface area contributed by atoms with Gasteiger partial charge in [-0.25, -0.2) is 0 Å². The maximum Gasteiger partial charge on any atom is 0.294 e. The van der Waals surface area contributed by atoms with Crippen LogP contribution in [0, 0.1) is 0 Å². The Kier molecular flexibility index (Phi) is 6.50. The predicted molar refractivity (Wildman–Crippen MR) is 146 cm³/mol. The second-order valence-corrected chi connectivity index (χ2v) is 9.46. The first-order chi connectivity index (χ1) is 18.2. The minimum atomic E-state index is -0.945. The molecule has 1 aliphatic rings. The summed E-state index contributed by atoms with van der Waals surface area (Å²) in [4.78, 5) is 30.7. The van der Waals surface area contributed by atoms with Gasteiger partial charge in [0.2, 0.25) is 5.78 Å². The van der Waals surface area contributed by atoms with Crippen LogP contribution in [-0.4, -0.2) is 45.1 Å². The van der Waals surface area contributed by atoms with Crippen LogP contribution >= 0.6 is 11.6 Å². The minimum absolute atomic E-state index is 0.0170. The van der Waals surface area contributed by atoms with Gasteiger partial charge < -0.3 is 23.9 Å². The van der Waals surface area contributed by atoms with Crippen molar-refractivity contribution in [1.82, 2.24) is 0 Å². The van der Waals surface area contributed by atoms with Crippen molar-refractivity contribution >= 4 is 45.6 Å². The topological polar surface area (TPSA) is 92.4 Å². The summed E-state index contributed by atoms with van der Waals surface area (Å²) >= 11 is 6.10. The maximum atomic E-state index is 13.9. The number of amides is 1. The SMILES string of the molecule is COc1cc(OC)cc(N2C(=O)C(O)=C(C(=O)c3cc4cc(Cl)ccc4o3)C2c2ccc(N(C)C)cc2)c1. The van der Waals surface area contributed by atoms with Gasteiger partial charge in [0.1, 0.15) is 17.1 Å². The molecule has 3 aromatic carbocycles. The molecule has 4 aromatic rings. The van der Waals surface area contributed by atoms with E-state index in [0.717, 1.165) is 5.69 Å². The highest BCUT2D eigenvalue weighted by molar-refractivity contribution is 6.31. The number of hydrogen-bond acceptors (Lipinski definition) is 7. The number of rotatable bonds is 7. The second-order valence-electron chi connectivity index (χ2n) is 9.02. The van der Waals surface area contributed by atoms with E-state index in [1.165, 1.54) is 19.1 Å². The van der Waals surface area contributed by atoms with Crippen LogP contribution in [0.4, 0.5) is 11.4 Å². The van der Waals surface area contributed by atoms with Gasteiger partial charge in [-0.1, -0.05) is 23.7 Å². The fourth-order valence-corrected chi connectivity index (χ4v) is 4.74. The molecule has 0 aliphatic carbocycles. The number of methoxy groups -OCH3 is 2. The van der Waals surface area contributed by atoms with E-state index >= 15 is 0 Å². The molecule has 0 saturated carbocycles. The number of aliphatic hydroxyl groups excluding tert-OH is 1. The summed E-state index contributed by atoms with van der Waals surface area (Å²) in [6, 6.07) is 18.0. The number of ketones is 1. The molecule has 8 nitrogen and oxygen atoms in total. The number of halogens is 1. The Morgan fingerprint density at radius 1 is 0.974 bits per heavy atom. The molecule has 194 valence electrons. The van der Waals surface area contributed by atoms with Crippen LogP contribution < -0.4 is 19.3 Å². The molecule has 5 rings (SSSR count). The third-order valence-corrected chi connectivity index (χ3v) is 6.73. The Bertz CT molecular complexity index is 1570. The zero-order valence-corrected chi connectivity index (χ0v) is 21.9. The van der Waals surface area contributed by atoms with Gasteiger partial charge in [-0.15, -0.1) is 0 Å². The number of aliphatic hydroxyl groups is 1. The minimum Gasteiger partial charge on any atom is -0.503 e. The Hall–Kier alpha value is -4.43. The van der Waals surface area contributed by atoms with Crippen molar-refractivity contribution in [2.24, 2.45) is 0 Å². The standard InChI is InChI=1S/C29H25ClN2O6/c1-31(2)19-8-5-16(6-9-19)26-25(27(33)24-12-17-11-18(30)7-10-23(17)38-24)28(34)29(35)32(26)20-13-21(36-3)15-22(14-20)37-4/h5-15,26,34H,1-4H3. The highest BCUT2D eigenvalue weighted by atomic mass is 35.5. The van der Waals surface area contributed by atoms with Crippen molar-refractivity contribution in [3.63, 3.8) is 0 Å². The van der Waals surface area contributed by atoms with Gasteiger partial charge >= 0.3 is 0 Å². The van der Waals surface area contributed by atoms with Crippen LogP contribution in [-0.2, 0) is 4.79 Å². The molecule has 1 aliphatic heterocycles. The van der Waals surface area contributed by atoms with E-state index in [2.05, 4.69) is 0 Å². The van der Waals surface area contributed by atoms with Gasteiger partial charge in [0.05, 0.1) is 31.5 Å². The molecule has 0 fully saturated rings. The van der Waals surface area contributed by atoms with Crippen molar-refractivity contribution < 1.29 is 28.6 Å². The molecule has 2 heterocycles. The molecule has 1 aromatic heterocycles. The lowest BCUT2D eigenvalue weighted by Gasteiger charge is -2.28. The number of ether oxygens (including phenoxy) is 2. The van der Waals surface area contributed by atoms with Crippen molar-refractivity contribution in [3.05, 3.63) is 94.4 Å². The van der Waals surface area contributed by atoms with Crippen LogP contribution in [0.2, 0.25) is 5.02 Å². The molecular weight excluding hydrogens is 508 g/mol. The number of furan rings is 1. The average Bonchev–Trinajstić information content (AvgIpc) is 3.46. The Balaban J connectivity index is 1.67. The van der Waals surface area contributed by atoms with Crippen LogP contribution in [0.25, 0.3) is 11.0 Å². The summed E-state index contributed by atoms with van der Waals surface area (Å²) in [6.07, 6.45) is 0. The molecule has 1 N–H and O–H groups in total. The summed E-state index contributed by atoms with van der Waals surface area (Å²) in [5.74, 6) is -1.12. The lowest BCUT2D eigenvalue weighted by molar-refractivity contribution is -0.117. The van der Waals surface area contributed by atoms with Gasteiger partial charge in [0.25, 0.3) is 5.91 Å². The first-order valence-electron chi connectivity index (χ1n) is 11.7. The molecule has 0 spiro atoms. The zero-order valence-electron chi connectivity index (χ0n) is 21.2. The fourth-order valence-electron chi connectivity index (χ4n) is 4.56. The molecular formula is C29H25ClN2O6. The highest BCUT2D eigenvalue weighted by Gasteiger charge is 2.45. The van der Waals surface area contributed by atoms with Crippen LogP contribution in [0.15, 0.2) is 82.5 Å². The molecule has 38 heavy (non-hydrogen) atoms. The van der Waals surface area contributed by atoms with Crippen LogP contribution in [0.3, 0.4) is 0 Å². The molecule has 9 heteroatoms. The van der Waals surface area contributed by atoms with Crippen LogP contribution in [0.1, 0.15) is 22.2 Å². The molecule has 1 unspecified atom stereocenters. The number of fused-ring (bicyclic) bond motifs is 1. The summed E-state index contributed by atoms with van der Waals surface area (Å²) in [5, 5.41) is 12.2. The van der Waals surface area contributed by atoms with E-state index in [1.54, 1.807) is 42.5 Å². The number of hydrogen-bond donors (Lipinski definition) is 1. The molecule has 0 saturated heterocycles. The van der Waals surface area contributed by atoms with E-state index < -0.39 is 23.5 Å². The molecule has 0 bridgehead atoms. The third-order valence-electron chi connectivity index (χ3n) is 6.49. The quantitative estimate of drug-likeness (QED) is 0.294. The molecule has 1 amide bonds. The summed E-state index contributed by atoms with van der Waals surface area (Å²) < 4.78 is 16.6. The number of anilines is 2. The number of nitrogens with zero attached hydrogens (tertiary/aromatic N) is 2. The maximum absolute atomic E-state index is 13.9. The Morgan fingerprint density at radius 3 is 2.24 bits per heavy atom. The van der Waals surface area contributed by atoms with Crippen LogP contribution in [0.5, 0.6) is 11.5 Å². The average molecular weight is 533 g/mol. The number of benzene rings is 3. The number of Topliss-reactive ketones (excluding diaryl/α,β-unsaturated/α-hetero) is 1. The fraction of sp³-hybridized carbons (Fsp3) is 0.172. The monoisotopic (exact) mass is 532 g/mol. The van der Waals surface area contributed by atoms with Gasteiger partial charge in [-0.2, -0.15) is 0 Å².